The molecule has 0 heterocycles. The number of thiocarbonyl (C=S) groups is 1. The maximum atomic E-state index is 12.0. The second-order valence-electron chi connectivity index (χ2n) is 4.22. The highest BCUT2D eigenvalue weighted by atomic mass is 32.1. The Balaban J connectivity index is 2.35. The lowest BCUT2D eigenvalue weighted by atomic mass is 10.1. The van der Waals surface area contributed by atoms with Crippen LogP contribution in [0.1, 0.15) is 29.3 Å². The van der Waals surface area contributed by atoms with Crippen LogP contribution in [0.3, 0.4) is 0 Å². The highest BCUT2D eigenvalue weighted by molar-refractivity contribution is 7.80. The van der Waals surface area contributed by atoms with Gasteiger partial charge in [0.05, 0.1) is 13.0 Å². The van der Waals surface area contributed by atoms with E-state index in [0.29, 0.717) is 18.8 Å². The van der Waals surface area contributed by atoms with Gasteiger partial charge in [-0.3, -0.25) is 25.8 Å². The number of ether oxygens (including phenoxy) is 1. The van der Waals surface area contributed by atoms with E-state index in [0.717, 1.165) is 5.56 Å². The first-order chi connectivity index (χ1) is 10.0. The van der Waals surface area contributed by atoms with E-state index in [1.54, 1.807) is 12.1 Å². The normalized spacial score (nSPS) is 9.81. The summed E-state index contributed by atoms with van der Waals surface area (Å²) in [6, 6.07) is 7.16. The number of carbonyl (C=O) groups excluding carboxylic acids is 2. The van der Waals surface area contributed by atoms with Crippen LogP contribution in [0.4, 0.5) is 0 Å². The van der Waals surface area contributed by atoms with Crippen molar-refractivity contribution in [2.45, 2.75) is 20.3 Å². The summed E-state index contributed by atoms with van der Waals surface area (Å²) in [5, 5.41) is 2.53. The summed E-state index contributed by atoms with van der Waals surface area (Å²) in [6.07, 6.45) is 0.217. The van der Waals surface area contributed by atoms with E-state index in [2.05, 4.69) is 16.2 Å². The topological polar surface area (TPSA) is 79.5 Å². The predicted octanol–water partition coefficient (Wildman–Crippen LogP) is 1.06. The van der Waals surface area contributed by atoms with Gasteiger partial charge in [0.2, 0.25) is 5.91 Å². The summed E-state index contributed by atoms with van der Waals surface area (Å²) < 4.78 is 5.06. The van der Waals surface area contributed by atoms with Crippen molar-refractivity contribution in [1.82, 2.24) is 16.2 Å². The highest BCUT2D eigenvalue weighted by Gasteiger charge is 2.10. The molecule has 1 aromatic rings. The molecule has 0 aliphatic heterocycles. The molecule has 0 atom stereocenters. The van der Waals surface area contributed by atoms with E-state index in [4.69, 9.17) is 17.0 Å². The molecule has 7 heteroatoms. The Morgan fingerprint density at radius 2 is 1.95 bits per heavy atom. The summed E-state index contributed by atoms with van der Waals surface area (Å²) in [5.74, 6) is -0.592. The zero-order chi connectivity index (χ0) is 15.7. The molecule has 0 radical (unpaired) electrons. The lowest BCUT2D eigenvalue weighted by Crippen LogP contribution is -2.48. The van der Waals surface area contributed by atoms with E-state index in [1.165, 1.54) is 0 Å². The quantitative estimate of drug-likeness (QED) is 0.430. The fourth-order valence-electron chi connectivity index (χ4n) is 1.53. The van der Waals surface area contributed by atoms with E-state index < -0.39 is 0 Å². The summed E-state index contributed by atoms with van der Waals surface area (Å²) in [7, 11) is 0. The van der Waals surface area contributed by atoms with Crippen molar-refractivity contribution in [3.05, 3.63) is 35.4 Å². The molecular weight excluding hydrogens is 290 g/mol. The molecular formula is C14H19N3O3S. The van der Waals surface area contributed by atoms with Gasteiger partial charge in [-0.05, 0) is 37.7 Å². The van der Waals surface area contributed by atoms with Crippen molar-refractivity contribution in [2.75, 3.05) is 13.2 Å². The van der Waals surface area contributed by atoms with Crippen molar-refractivity contribution in [3.63, 3.8) is 0 Å². The molecule has 21 heavy (non-hydrogen) atoms. The van der Waals surface area contributed by atoms with Crippen molar-refractivity contribution in [2.24, 2.45) is 0 Å². The molecule has 1 rings (SSSR count). The van der Waals surface area contributed by atoms with Crippen molar-refractivity contribution in [1.29, 1.82) is 0 Å². The van der Waals surface area contributed by atoms with Gasteiger partial charge in [-0.1, -0.05) is 18.2 Å². The minimum absolute atomic E-state index is 0.0352. The van der Waals surface area contributed by atoms with Crippen molar-refractivity contribution in [3.8, 4) is 0 Å². The Bertz CT molecular complexity index is 520. The minimum Gasteiger partial charge on any atom is -0.381 e. The molecule has 0 unspecified atom stereocenters. The summed E-state index contributed by atoms with van der Waals surface area (Å²) in [6.45, 7) is 4.59. The Hall–Kier alpha value is -1.99. The van der Waals surface area contributed by atoms with Crippen LogP contribution in [0.5, 0.6) is 0 Å². The van der Waals surface area contributed by atoms with Gasteiger partial charge in [0.1, 0.15) is 0 Å². The molecule has 0 bridgehead atoms. The molecule has 3 N–H and O–H groups in total. The predicted molar refractivity (Wildman–Crippen MR) is 83.6 cm³/mol. The van der Waals surface area contributed by atoms with Crippen molar-refractivity contribution < 1.29 is 14.3 Å². The molecule has 0 aliphatic carbocycles. The van der Waals surface area contributed by atoms with Gasteiger partial charge in [0.25, 0.3) is 5.91 Å². The Morgan fingerprint density at radius 3 is 2.62 bits per heavy atom. The fourth-order valence-corrected chi connectivity index (χ4v) is 1.67. The highest BCUT2D eigenvalue weighted by Crippen LogP contribution is 2.06. The fraction of sp³-hybridized carbons (Fsp3) is 0.357. The average Bonchev–Trinajstić information content (AvgIpc) is 2.46. The zero-order valence-corrected chi connectivity index (χ0v) is 12.9. The number of rotatable bonds is 5. The molecule has 0 saturated carbocycles. The van der Waals surface area contributed by atoms with E-state index >= 15 is 0 Å². The molecule has 0 saturated heterocycles. The van der Waals surface area contributed by atoms with Crippen LogP contribution >= 0.6 is 12.2 Å². The number of carbonyl (C=O) groups is 2. The maximum Gasteiger partial charge on any atom is 0.257 e. The number of benzene rings is 1. The Morgan fingerprint density at radius 1 is 1.24 bits per heavy atom. The number of hydrogen-bond acceptors (Lipinski definition) is 4. The van der Waals surface area contributed by atoms with E-state index in [-0.39, 0.29) is 23.3 Å². The van der Waals surface area contributed by atoms with Gasteiger partial charge >= 0.3 is 0 Å². The van der Waals surface area contributed by atoms with Gasteiger partial charge in [0.15, 0.2) is 5.11 Å². The number of nitrogens with one attached hydrogen (secondary N) is 3. The first-order valence-electron chi connectivity index (χ1n) is 6.58. The zero-order valence-electron chi connectivity index (χ0n) is 12.1. The minimum atomic E-state index is -0.325. The molecule has 2 amide bonds. The van der Waals surface area contributed by atoms with Crippen LogP contribution < -0.4 is 16.2 Å². The Kier molecular flexibility index (Phi) is 7.34. The largest absolute Gasteiger partial charge is 0.381 e. The van der Waals surface area contributed by atoms with Gasteiger partial charge in [-0.15, -0.1) is 0 Å². The molecule has 0 fully saturated rings. The first kappa shape index (κ1) is 17.1. The number of amides is 2. The van der Waals surface area contributed by atoms with Crippen LogP contribution in [0.2, 0.25) is 0 Å². The van der Waals surface area contributed by atoms with Gasteiger partial charge in [0, 0.05) is 12.2 Å². The molecule has 1 aromatic carbocycles. The van der Waals surface area contributed by atoms with Crippen LogP contribution in [0.15, 0.2) is 24.3 Å². The van der Waals surface area contributed by atoms with Gasteiger partial charge in [-0.2, -0.15) is 0 Å². The van der Waals surface area contributed by atoms with E-state index in [9.17, 15) is 9.59 Å². The standard InChI is InChI=1S/C14H19N3O3S/c1-3-20-9-8-12(18)16-17-14(21)15-13(19)11-7-5-4-6-10(11)2/h4-7H,3,8-9H2,1-2H3,(H,16,18)(H2,15,17,19,21). The molecule has 114 valence electrons. The molecule has 0 spiro atoms. The van der Waals surface area contributed by atoms with Crippen LogP contribution in [0.25, 0.3) is 0 Å². The third kappa shape index (κ3) is 6.33. The van der Waals surface area contributed by atoms with Crippen LogP contribution in [-0.4, -0.2) is 30.1 Å². The van der Waals surface area contributed by atoms with Gasteiger partial charge in [-0.25, -0.2) is 0 Å². The van der Waals surface area contributed by atoms with Crippen molar-refractivity contribution >= 4 is 29.1 Å². The number of hydrazine groups is 1. The molecule has 0 aromatic heterocycles. The third-order valence-electron chi connectivity index (χ3n) is 2.61. The lowest BCUT2D eigenvalue weighted by molar-refractivity contribution is -0.122. The smallest absolute Gasteiger partial charge is 0.257 e. The monoisotopic (exact) mass is 309 g/mol. The average molecular weight is 309 g/mol. The summed E-state index contributed by atoms with van der Waals surface area (Å²) in [5.41, 5.74) is 6.24. The summed E-state index contributed by atoms with van der Waals surface area (Å²) >= 11 is 4.94. The maximum absolute atomic E-state index is 12.0. The summed E-state index contributed by atoms with van der Waals surface area (Å²) in [4.78, 5) is 23.4. The van der Waals surface area contributed by atoms with Crippen LogP contribution in [0, 0.1) is 6.92 Å². The molecule has 0 aliphatic rings. The van der Waals surface area contributed by atoms with Crippen LogP contribution in [-0.2, 0) is 9.53 Å². The third-order valence-corrected chi connectivity index (χ3v) is 2.81. The Labute approximate surface area is 129 Å². The SMILES string of the molecule is CCOCCC(=O)NNC(=S)NC(=O)c1ccccc1C. The first-order valence-corrected chi connectivity index (χ1v) is 6.99. The number of hydrogen-bond donors (Lipinski definition) is 3. The molecule has 6 nitrogen and oxygen atoms in total. The van der Waals surface area contributed by atoms with E-state index in [1.807, 2.05) is 26.0 Å². The lowest BCUT2D eigenvalue weighted by Gasteiger charge is -2.11. The second kappa shape index (κ2) is 9.04. The number of aryl methyl sites for hydroxylation is 1. The second-order valence-corrected chi connectivity index (χ2v) is 4.63. The van der Waals surface area contributed by atoms with Gasteiger partial charge < -0.3 is 4.74 Å².